The van der Waals surface area contributed by atoms with Crippen molar-refractivity contribution in [2.24, 2.45) is 15.1 Å². The van der Waals surface area contributed by atoms with Crippen LogP contribution in [0.3, 0.4) is 0 Å². The van der Waals surface area contributed by atoms with E-state index >= 15 is 0 Å². The number of amides is 2. The molecule has 4 aromatic carbocycles. The summed E-state index contributed by atoms with van der Waals surface area (Å²) in [4.78, 5) is 40.7. The third-order valence-electron chi connectivity index (χ3n) is 11.3. The number of benzene rings is 4. The summed E-state index contributed by atoms with van der Waals surface area (Å²) in [6, 6.07) is 28.0. The van der Waals surface area contributed by atoms with Gasteiger partial charge in [0.15, 0.2) is 11.7 Å². The average Bonchev–Trinajstić information content (AvgIpc) is 3.81. The Morgan fingerprint density at radius 3 is 1.77 bits per heavy atom. The molecule has 0 aliphatic carbocycles. The van der Waals surface area contributed by atoms with Crippen LogP contribution in [0.5, 0.6) is 11.5 Å². The van der Waals surface area contributed by atoms with Gasteiger partial charge >= 0.3 is 0 Å². The number of carbonyl (C=O) groups excluding carboxylic acids is 2. The fourth-order valence-corrected chi connectivity index (χ4v) is 10.0. The van der Waals surface area contributed by atoms with Crippen LogP contribution in [0.1, 0.15) is 86.4 Å². The highest BCUT2D eigenvalue weighted by Gasteiger charge is 2.38. The number of fused-ring (bicyclic) bond motifs is 6. The zero-order valence-corrected chi connectivity index (χ0v) is 38.7. The normalized spacial score (nSPS) is 17.2. The molecule has 0 spiro atoms. The fourth-order valence-electron chi connectivity index (χ4n) is 8.19. The maximum atomic E-state index is 12.9. The molecule has 3 unspecified atom stereocenters. The third kappa shape index (κ3) is 9.53. The summed E-state index contributed by atoms with van der Waals surface area (Å²) in [6.07, 6.45) is 2.41. The number of aliphatic imine (C=N–C) groups is 2. The van der Waals surface area contributed by atoms with Crippen molar-refractivity contribution < 1.29 is 19.1 Å². The number of hydrazone groups is 1. The molecule has 14 nitrogen and oxygen atoms in total. The Labute approximate surface area is 382 Å². The molecular weight excluding hydrogens is 845 g/mol. The van der Waals surface area contributed by atoms with Crippen molar-refractivity contribution in [2.75, 3.05) is 43.7 Å². The molecule has 4 heterocycles. The maximum Gasteiger partial charge on any atom is 0.222 e. The Hall–Kier alpha value is -6.13. The molecule has 5 aromatic rings. The minimum absolute atomic E-state index is 0.0638. The molecule has 3 aliphatic rings. The Kier molecular flexibility index (Phi) is 14.0. The standard InChI is InChI=1S/C48H54N10O4S2/c1-7-49-43(59)27-39-47-55-53-29(3)57(47)41-21-15-33(61-5)25-37(41)45(51-39)31-11-17-35(18-12-31)63-23-9-10-24-64-36-19-13-32(14-20-36)46-38-26-34(62-6)16-22-42(38)58-30(4)54-56-48(58)40(52-46)28-44(60)50-8-2/h11-22,25-26,29,39-40,53H,7-10,23-24,27-28H2,1-6H3,(H,49,59)(H,50,60). The monoisotopic (exact) mass is 898 g/mol. The van der Waals surface area contributed by atoms with Crippen molar-refractivity contribution >= 4 is 58.3 Å². The summed E-state index contributed by atoms with van der Waals surface area (Å²) in [7, 11) is 3.32. The molecule has 0 radical (unpaired) electrons. The van der Waals surface area contributed by atoms with E-state index in [0.717, 1.165) is 86.8 Å². The van der Waals surface area contributed by atoms with Gasteiger partial charge in [-0.15, -0.1) is 33.7 Å². The first-order valence-corrected chi connectivity index (χ1v) is 23.7. The van der Waals surface area contributed by atoms with E-state index in [1.807, 2.05) is 85.3 Å². The van der Waals surface area contributed by atoms with E-state index in [1.54, 1.807) is 14.2 Å². The van der Waals surface area contributed by atoms with Gasteiger partial charge in [-0.25, -0.2) is 0 Å². The molecule has 3 N–H and O–H groups in total. The molecule has 3 aliphatic heterocycles. The number of anilines is 1. The predicted octanol–water partition coefficient (Wildman–Crippen LogP) is 7.49. The Bertz CT molecular complexity index is 2590. The molecule has 16 heteroatoms. The first-order chi connectivity index (χ1) is 31.2. The van der Waals surface area contributed by atoms with Crippen LogP contribution in [0.15, 0.2) is 110 Å². The number of aromatic nitrogens is 3. The number of hydrogen-bond acceptors (Lipinski definition) is 13. The summed E-state index contributed by atoms with van der Waals surface area (Å²) in [5, 5.41) is 19.4. The van der Waals surface area contributed by atoms with E-state index in [-0.39, 0.29) is 30.8 Å². The van der Waals surface area contributed by atoms with Crippen molar-refractivity contribution in [2.45, 2.75) is 81.4 Å². The molecule has 8 rings (SSSR count). The highest BCUT2D eigenvalue weighted by Crippen LogP contribution is 2.37. The topological polar surface area (TPSA) is 160 Å². The van der Waals surface area contributed by atoms with Gasteiger partial charge in [-0.2, -0.15) is 5.10 Å². The minimum Gasteiger partial charge on any atom is -0.497 e. The van der Waals surface area contributed by atoms with Gasteiger partial charge in [-0.3, -0.25) is 29.6 Å². The second-order valence-corrected chi connectivity index (χ2v) is 17.9. The van der Waals surface area contributed by atoms with Crippen LogP contribution >= 0.6 is 23.5 Å². The third-order valence-corrected chi connectivity index (χ3v) is 13.5. The van der Waals surface area contributed by atoms with Crippen LogP contribution in [0.25, 0.3) is 5.69 Å². The number of ether oxygens (including phenoxy) is 2. The zero-order chi connectivity index (χ0) is 44.7. The minimum atomic E-state index is -0.515. The molecule has 1 aromatic heterocycles. The zero-order valence-electron chi connectivity index (χ0n) is 37.1. The van der Waals surface area contributed by atoms with Crippen LogP contribution < -0.4 is 30.4 Å². The molecule has 64 heavy (non-hydrogen) atoms. The molecule has 332 valence electrons. The number of aryl methyl sites for hydroxylation is 1. The van der Waals surface area contributed by atoms with Crippen LogP contribution in [-0.4, -0.2) is 94.9 Å². The fraction of sp³-hybridized carbons (Fsp3) is 0.354. The lowest BCUT2D eigenvalue weighted by molar-refractivity contribution is -0.122. The van der Waals surface area contributed by atoms with Crippen LogP contribution in [0.4, 0.5) is 5.69 Å². The first kappa shape index (κ1) is 44.5. The number of methoxy groups -OCH3 is 2. The van der Waals surface area contributed by atoms with Crippen LogP contribution in [0, 0.1) is 6.92 Å². The summed E-state index contributed by atoms with van der Waals surface area (Å²) in [6.45, 7) is 8.89. The van der Waals surface area contributed by atoms with Crippen molar-refractivity contribution in [1.82, 2.24) is 30.8 Å². The number of amidine groups is 1. The van der Waals surface area contributed by atoms with E-state index in [1.165, 1.54) is 9.79 Å². The largest absolute Gasteiger partial charge is 0.497 e. The summed E-state index contributed by atoms with van der Waals surface area (Å²) < 4.78 is 13.3. The van der Waals surface area contributed by atoms with Gasteiger partial charge in [0, 0.05) is 45.1 Å². The van der Waals surface area contributed by atoms with Crippen molar-refractivity contribution in [3.63, 3.8) is 0 Å². The number of thioether (sulfide) groups is 2. The van der Waals surface area contributed by atoms with Crippen molar-refractivity contribution in [1.29, 1.82) is 0 Å². The van der Waals surface area contributed by atoms with E-state index in [2.05, 4.69) is 91.7 Å². The van der Waals surface area contributed by atoms with Gasteiger partial charge < -0.3 is 25.0 Å². The van der Waals surface area contributed by atoms with Crippen LogP contribution in [-0.2, 0) is 9.59 Å². The average molecular weight is 899 g/mol. The SMILES string of the molecule is CCNC(=O)CC1N=C(c2ccc(SCCCCSc3ccc(C4=NC(CC(=O)NCC)c5nnc(C)n5-c5ccc(OC)cc54)cc3)cc2)c2cc(OC)ccc2N2C1=NNC2C. The quantitative estimate of drug-likeness (QED) is 0.0631. The maximum absolute atomic E-state index is 12.9. The van der Waals surface area contributed by atoms with Crippen molar-refractivity contribution in [3.8, 4) is 17.2 Å². The van der Waals surface area contributed by atoms with E-state index in [4.69, 9.17) is 19.5 Å². The highest BCUT2D eigenvalue weighted by molar-refractivity contribution is 7.99. The van der Waals surface area contributed by atoms with Gasteiger partial charge in [-0.05, 0) is 113 Å². The van der Waals surface area contributed by atoms with E-state index < -0.39 is 12.1 Å². The molecule has 0 bridgehead atoms. The van der Waals surface area contributed by atoms with E-state index in [9.17, 15) is 9.59 Å². The summed E-state index contributed by atoms with van der Waals surface area (Å²) in [5.41, 5.74) is 10.4. The lowest BCUT2D eigenvalue weighted by Crippen LogP contribution is -2.43. The molecule has 3 atom stereocenters. The Balaban J connectivity index is 0.909. The Morgan fingerprint density at radius 1 is 0.703 bits per heavy atom. The number of carbonyl (C=O) groups is 2. The van der Waals surface area contributed by atoms with Gasteiger partial charge in [0.25, 0.3) is 0 Å². The molecule has 0 saturated carbocycles. The number of unbranched alkanes of at least 4 members (excludes halogenated alkanes) is 1. The number of nitrogens with zero attached hydrogens (tertiary/aromatic N) is 7. The lowest BCUT2D eigenvalue weighted by atomic mass is 9.99. The summed E-state index contributed by atoms with van der Waals surface area (Å²) in [5.74, 6) is 5.39. The summed E-state index contributed by atoms with van der Waals surface area (Å²) >= 11 is 3.70. The molecular formula is C48H54N10O4S2. The van der Waals surface area contributed by atoms with Gasteiger partial charge in [0.2, 0.25) is 11.8 Å². The van der Waals surface area contributed by atoms with Gasteiger partial charge in [0.05, 0.1) is 49.9 Å². The highest BCUT2D eigenvalue weighted by atomic mass is 32.2. The Morgan fingerprint density at radius 2 is 1.22 bits per heavy atom. The predicted molar refractivity (Wildman–Crippen MR) is 256 cm³/mol. The second-order valence-electron chi connectivity index (χ2n) is 15.6. The number of rotatable bonds is 17. The van der Waals surface area contributed by atoms with Crippen LogP contribution in [0.2, 0.25) is 0 Å². The van der Waals surface area contributed by atoms with Crippen molar-refractivity contribution in [3.05, 3.63) is 119 Å². The first-order valence-electron chi connectivity index (χ1n) is 21.8. The molecule has 0 fully saturated rings. The molecule has 2 amide bonds. The van der Waals surface area contributed by atoms with Gasteiger partial charge in [0.1, 0.15) is 35.6 Å². The number of nitrogens with one attached hydrogen (secondary N) is 3. The molecule has 0 saturated heterocycles. The van der Waals surface area contributed by atoms with Gasteiger partial charge in [-0.1, -0.05) is 24.3 Å². The number of hydrogen-bond donors (Lipinski definition) is 3. The second kappa shape index (κ2) is 20.1. The van der Waals surface area contributed by atoms with E-state index in [0.29, 0.717) is 24.7 Å². The lowest BCUT2D eigenvalue weighted by Gasteiger charge is -2.27. The smallest absolute Gasteiger partial charge is 0.222 e.